The molecule has 0 saturated carbocycles. The van der Waals surface area contributed by atoms with Gasteiger partial charge in [0.25, 0.3) is 0 Å². The Morgan fingerprint density at radius 3 is 2.59 bits per heavy atom. The molecule has 118 valence electrons. The van der Waals surface area contributed by atoms with Crippen LogP contribution in [0.3, 0.4) is 0 Å². The molecule has 1 aromatic carbocycles. The molecule has 2 rings (SSSR count). The number of hydrogen-bond donors (Lipinski definition) is 2. The van der Waals surface area contributed by atoms with Crippen LogP contribution < -0.4 is 10.5 Å². The number of pyridine rings is 1. The highest BCUT2D eigenvalue weighted by Crippen LogP contribution is 2.32. The number of aliphatic carboxylic acids is 1. The Bertz CT molecular complexity index is 623. The van der Waals surface area contributed by atoms with Gasteiger partial charge in [-0.15, -0.1) is 12.4 Å². The van der Waals surface area contributed by atoms with Crippen LogP contribution >= 0.6 is 24.0 Å². The number of nitrogens with two attached hydrogens (primary N) is 1. The first kappa shape index (κ1) is 18.2. The number of carbonyl (C=O) groups is 1. The summed E-state index contributed by atoms with van der Waals surface area (Å²) in [5.41, 5.74) is 6.43. The zero-order chi connectivity index (χ0) is 15.2. The fourth-order valence-corrected chi connectivity index (χ4v) is 2.09. The molecule has 1 heterocycles. The van der Waals surface area contributed by atoms with E-state index in [2.05, 4.69) is 4.98 Å². The molecule has 0 aliphatic rings. The van der Waals surface area contributed by atoms with Gasteiger partial charge in [0.05, 0.1) is 11.4 Å². The van der Waals surface area contributed by atoms with Crippen molar-refractivity contribution >= 4 is 30.0 Å². The van der Waals surface area contributed by atoms with Crippen LogP contribution in [0.5, 0.6) is 11.5 Å². The third-order valence-corrected chi connectivity index (χ3v) is 3.32. The minimum Gasteiger partial charge on any atom is -0.481 e. The maximum absolute atomic E-state index is 10.9. The highest BCUT2D eigenvalue weighted by molar-refractivity contribution is 6.32. The minimum atomic E-state index is -0.892. The normalized spacial score (nSPS) is 11.4. The van der Waals surface area contributed by atoms with Crippen LogP contribution in [0.4, 0.5) is 0 Å². The third-order valence-electron chi connectivity index (χ3n) is 3.01. The lowest BCUT2D eigenvalue weighted by molar-refractivity contribution is -0.137. The zero-order valence-electron chi connectivity index (χ0n) is 11.6. The zero-order valence-corrected chi connectivity index (χ0v) is 13.2. The molecular formula is C15H16Cl2N2O3. The molecule has 1 aromatic heterocycles. The van der Waals surface area contributed by atoms with E-state index in [1.54, 1.807) is 42.7 Å². The second kappa shape index (κ2) is 8.58. The second-order valence-corrected chi connectivity index (χ2v) is 4.91. The Balaban J connectivity index is 0.00000242. The monoisotopic (exact) mass is 342 g/mol. The second-order valence-electron chi connectivity index (χ2n) is 4.51. The minimum absolute atomic E-state index is 0. The first-order valence-electron chi connectivity index (χ1n) is 6.39. The molecule has 0 unspecified atom stereocenters. The predicted octanol–water partition coefficient (Wildman–Crippen LogP) is 3.47. The van der Waals surface area contributed by atoms with E-state index in [9.17, 15) is 4.79 Å². The van der Waals surface area contributed by atoms with Crippen molar-refractivity contribution in [3.05, 3.63) is 53.3 Å². The lowest BCUT2D eigenvalue weighted by Gasteiger charge is -2.15. The summed E-state index contributed by atoms with van der Waals surface area (Å²) in [6.07, 6.45) is 3.19. The standard InChI is InChI=1S/C15H15ClN2O3.ClH/c16-13-2-1-10(11(9-17)8-15(19)20)7-14(13)21-12-3-5-18-6-4-12;/h1-7,11H,8-9,17H2,(H,19,20);1H/t11-;/m0./s1. The molecule has 0 fully saturated rings. The number of rotatable bonds is 6. The van der Waals surface area contributed by atoms with Gasteiger partial charge in [-0.05, 0) is 36.4 Å². The number of nitrogens with zero attached hydrogens (tertiary/aromatic N) is 1. The van der Waals surface area contributed by atoms with Crippen molar-refractivity contribution in [2.24, 2.45) is 5.73 Å². The molecule has 7 heteroatoms. The average Bonchev–Trinajstić information content (AvgIpc) is 2.48. The van der Waals surface area contributed by atoms with Gasteiger partial charge in [0, 0.05) is 18.3 Å². The van der Waals surface area contributed by atoms with Crippen LogP contribution in [0, 0.1) is 0 Å². The number of halogens is 2. The smallest absolute Gasteiger partial charge is 0.304 e. The number of ether oxygens (including phenoxy) is 1. The van der Waals surface area contributed by atoms with Gasteiger partial charge < -0.3 is 15.6 Å². The van der Waals surface area contributed by atoms with Crippen LogP contribution in [-0.2, 0) is 4.79 Å². The van der Waals surface area contributed by atoms with Crippen molar-refractivity contribution in [2.45, 2.75) is 12.3 Å². The van der Waals surface area contributed by atoms with Gasteiger partial charge >= 0.3 is 5.97 Å². The molecule has 0 saturated heterocycles. The van der Waals surface area contributed by atoms with Gasteiger partial charge in [0.15, 0.2) is 0 Å². The third kappa shape index (κ3) is 4.87. The number of carboxylic acids is 1. The van der Waals surface area contributed by atoms with E-state index in [-0.39, 0.29) is 31.3 Å². The molecule has 3 N–H and O–H groups in total. The van der Waals surface area contributed by atoms with Crippen molar-refractivity contribution in [1.82, 2.24) is 4.98 Å². The molecule has 1 atom stereocenters. The van der Waals surface area contributed by atoms with E-state index in [0.717, 1.165) is 5.56 Å². The Kier molecular flexibility index (Phi) is 7.11. The van der Waals surface area contributed by atoms with E-state index in [4.69, 9.17) is 27.2 Å². The van der Waals surface area contributed by atoms with Gasteiger partial charge in [0.2, 0.25) is 0 Å². The van der Waals surface area contributed by atoms with Crippen LogP contribution in [0.25, 0.3) is 0 Å². The van der Waals surface area contributed by atoms with Crippen LogP contribution in [-0.4, -0.2) is 22.6 Å². The summed E-state index contributed by atoms with van der Waals surface area (Å²) < 4.78 is 5.69. The number of aromatic nitrogens is 1. The molecule has 0 bridgehead atoms. The van der Waals surface area contributed by atoms with Gasteiger partial charge in [-0.2, -0.15) is 0 Å². The summed E-state index contributed by atoms with van der Waals surface area (Å²) in [7, 11) is 0. The quantitative estimate of drug-likeness (QED) is 0.839. The first-order valence-corrected chi connectivity index (χ1v) is 6.77. The number of hydrogen-bond acceptors (Lipinski definition) is 4. The lowest BCUT2D eigenvalue weighted by atomic mass is 9.96. The fourth-order valence-electron chi connectivity index (χ4n) is 1.93. The highest BCUT2D eigenvalue weighted by Gasteiger charge is 2.16. The van der Waals surface area contributed by atoms with Crippen molar-refractivity contribution in [3.63, 3.8) is 0 Å². The topological polar surface area (TPSA) is 85.4 Å². The Labute approximate surface area is 139 Å². The van der Waals surface area contributed by atoms with Crippen molar-refractivity contribution < 1.29 is 14.6 Å². The predicted molar refractivity (Wildman–Crippen MR) is 87.1 cm³/mol. The Hall–Kier alpha value is -1.82. The maximum Gasteiger partial charge on any atom is 0.304 e. The molecule has 22 heavy (non-hydrogen) atoms. The van der Waals surface area contributed by atoms with E-state index >= 15 is 0 Å². The van der Waals surface area contributed by atoms with E-state index < -0.39 is 5.97 Å². The van der Waals surface area contributed by atoms with Crippen molar-refractivity contribution in [3.8, 4) is 11.5 Å². The summed E-state index contributed by atoms with van der Waals surface area (Å²) in [5, 5.41) is 9.36. The largest absolute Gasteiger partial charge is 0.481 e. The maximum atomic E-state index is 10.9. The molecule has 0 aliphatic carbocycles. The summed E-state index contributed by atoms with van der Waals surface area (Å²) in [4.78, 5) is 14.8. The van der Waals surface area contributed by atoms with Crippen LogP contribution in [0.2, 0.25) is 5.02 Å². The molecule has 0 aliphatic heterocycles. The van der Waals surface area contributed by atoms with Gasteiger partial charge in [-0.1, -0.05) is 17.7 Å². The number of carboxylic acid groups (broad SMARTS) is 1. The van der Waals surface area contributed by atoms with Crippen molar-refractivity contribution in [2.75, 3.05) is 6.54 Å². The van der Waals surface area contributed by atoms with Crippen molar-refractivity contribution in [1.29, 1.82) is 0 Å². The fraction of sp³-hybridized carbons (Fsp3) is 0.200. The Morgan fingerprint density at radius 1 is 1.32 bits per heavy atom. The van der Waals surface area contributed by atoms with Gasteiger partial charge in [-0.25, -0.2) is 0 Å². The summed E-state index contributed by atoms with van der Waals surface area (Å²) >= 11 is 6.11. The molecule has 5 nitrogen and oxygen atoms in total. The molecule has 2 aromatic rings. The lowest BCUT2D eigenvalue weighted by Crippen LogP contribution is -2.16. The Morgan fingerprint density at radius 2 is 2.00 bits per heavy atom. The van der Waals surface area contributed by atoms with E-state index in [1.165, 1.54) is 0 Å². The van der Waals surface area contributed by atoms with Gasteiger partial charge in [-0.3, -0.25) is 9.78 Å². The van der Waals surface area contributed by atoms with E-state index in [0.29, 0.717) is 16.5 Å². The molecule has 0 amide bonds. The SMILES string of the molecule is Cl.NC[C@H](CC(=O)O)c1ccc(Cl)c(Oc2ccncc2)c1. The van der Waals surface area contributed by atoms with Gasteiger partial charge in [0.1, 0.15) is 11.5 Å². The summed E-state index contributed by atoms with van der Waals surface area (Å²) in [6, 6.07) is 8.59. The molecular weight excluding hydrogens is 327 g/mol. The number of benzene rings is 1. The summed E-state index contributed by atoms with van der Waals surface area (Å²) in [5.74, 6) is -0.104. The van der Waals surface area contributed by atoms with Crippen LogP contribution in [0.1, 0.15) is 17.9 Å². The van der Waals surface area contributed by atoms with Crippen LogP contribution in [0.15, 0.2) is 42.7 Å². The highest BCUT2D eigenvalue weighted by atomic mass is 35.5. The molecule has 0 radical (unpaired) electrons. The first-order chi connectivity index (χ1) is 10.1. The molecule has 0 spiro atoms. The average molecular weight is 343 g/mol. The summed E-state index contributed by atoms with van der Waals surface area (Å²) in [6.45, 7) is 0.239. The van der Waals surface area contributed by atoms with E-state index in [1.807, 2.05) is 0 Å².